The number of hydrogen-bond acceptors (Lipinski definition) is 16. The number of nitrogens with zero attached hydrogens (tertiary/aromatic N) is 19. The zero-order valence-electron chi connectivity index (χ0n) is 86.9. The van der Waals surface area contributed by atoms with Crippen molar-refractivity contribution in [2.45, 2.75) is 284 Å². The highest BCUT2D eigenvalue weighted by atomic mass is 15.4. The van der Waals surface area contributed by atoms with Crippen LogP contribution in [0.4, 0.5) is 17.1 Å². The highest BCUT2D eigenvalue weighted by Crippen LogP contribution is 2.40. The first-order valence-corrected chi connectivity index (χ1v) is 46.8. The normalized spacial score (nSPS) is 18.6. The van der Waals surface area contributed by atoms with Gasteiger partial charge in [0.2, 0.25) is 0 Å². The van der Waals surface area contributed by atoms with Crippen molar-refractivity contribution in [3.05, 3.63) is 216 Å². The molecule has 0 radical (unpaired) electrons. The Balaban J connectivity index is -0.000000667. The van der Waals surface area contributed by atoms with Crippen LogP contribution in [0.1, 0.15) is 236 Å². The van der Waals surface area contributed by atoms with Crippen molar-refractivity contribution in [3.8, 4) is 0 Å². The first-order chi connectivity index (χ1) is 60.0. The van der Waals surface area contributed by atoms with E-state index in [9.17, 15) is 0 Å². The Hall–Kier alpha value is -9.44. The van der Waals surface area contributed by atoms with Crippen molar-refractivity contribution in [1.29, 1.82) is 0 Å². The van der Waals surface area contributed by atoms with Gasteiger partial charge in [0.1, 0.15) is 11.6 Å². The van der Waals surface area contributed by atoms with Gasteiger partial charge >= 0.3 is 0 Å². The molecule has 10 aromatic rings. The maximum Gasteiger partial charge on any atom is 0.106 e. The van der Waals surface area contributed by atoms with E-state index in [4.69, 9.17) is 0 Å². The number of imidazole rings is 3. The molecular weight excluding hydrogens is 1610 g/mol. The minimum atomic E-state index is 0. The number of amidine groups is 1. The van der Waals surface area contributed by atoms with E-state index in [-0.39, 0.29) is 37.1 Å². The number of fused-ring (bicyclic) bond motifs is 7. The summed E-state index contributed by atoms with van der Waals surface area (Å²) in [5.74, 6) is 3.98. The van der Waals surface area contributed by atoms with Gasteiger partial charge in [-0.25, -0.2) is 15.0 Å². The van der Waals surface area contributed by atoms with E-state index in [1.54, 1.807) is 0 Å². The van der Waals surface area contributed by atoms with Crippen LogP contribution in [0.2, 0.25) is 0 Å². The molecule has 8 aliphatic heterocycles. The van der Waals surface area contributed by atoms with E-state index >= 15 is 0 Å². The second-order valence-electron chi connectivity index (χ2n) is 33.0. The predicted octanol–water partition coefficient (Wildman–Crippen LogP) is 25.5. The number of likely N-dealkylation sites (N-methyl/N-ethyl adjacent to an activating group) is 5. The van der Waals surface area contributed by atoms with E-state index in [0.29, 0.717) is 54.6 Å². The van der Waals surface area contributed by atoms with Crippen molar-refractivity contribution in [1.82, 2.24) is 72.4 Å². The van der Waals surface area contributed by atoms with Crippen LogP contribution >= 0.6 is 0 Å². The molecule has 0 amide bonds. The zero-order chi connectivity index (χ0) is 95.5. The third-order valence-corrected chi connectivity index (χ3v) is 25.9. The lowest BCUT2D eigenvalue weighted by atomic mass is 9.99. The topological polar surface area (TPSA) is 132 Å². The second-order valence-corrected chi connectivity index (χ2v) is 33.0. The Morgan fingerprint density at radius 2 is 0.756 bits per heavy atom. The molecule has 18 rings (SSSR count). The van der Waals surface area contributed by atoms with Crippen LogP contribution in [0.25, 0.3) is 43.9 Å². The number of aromatic nitrogens is 7. The first kappa shape index (κ1) is 128. The van der Waals surface area contributed by atoms with Gasteiger partial charge in [-0.05, 0) is 238 Å². The number of para-hydroxylation sites is 9. The number of rotatable bonds is 0. The number of allylic oxidation sites excluding steroid dienone is 2. The largest absolute Gasteiger partial charge is 0.380 e. The average molecular weight is 1810 g/mol. The third-order valence-electron chi connectivity index (χ3n) is 25.9. The van der Waals surface area contributed by atoms with Gasteiger partial charge in [-0.1, -0.05) is 215 Å². The Morgan fingerprint density at radius 3 is 1.06 bits per heavy atom. The molecule has 2 N–H and O–H groups in total. The van der Waals surface area contributed by atoms with Gasteiger partial charge < -0.3 is 63.2 Å². The molecule has 742 valence electrons. The number of likely N-dealkylation sites (tertiary alicyclic amines) is 1. The fraction of sp³-hybridized carbons (Fsp3) is 0.568. The molecule has 2 fully saturated rings. The van der Waals surface area contributed by atoms with Crippen LogP contribution in [-0.2, 0) is 28.2 Å². The van der Waals surface area contributed by atoms with Crippen molar-refractivity contribution in [2.75, 3.05) is 132 Å². The van der Waals surface area contributed by atoms with Gasteiger partial charge in [0.05, 0.1) is 75.8 Å². The standard InChI is InChI=1S/C13H11N.C11H15N.C10H14N2.C9H10N2.C8H8N2.C8H18N2.C8H16N2.C7H14N2.C7H12N2.C6H13N.2C5H9N.4C2H6.CH5N.5CH4/c1-14-12-8-4-2-6-10(12)11-7-3-5-9-13(11)14;1-8-9(2)12(3)11-7-5-4-6-10(8)11;1-8-11(2)9-6-4-5-7-10(9)12(8)3;1-7-10-8-5-3-4-6-9(8)11(7)2;1-10-6-9-7-4-2-3-5-8(7)10;2*1-6-7(2)10(5)8(3)9(6)4;2*1-5-6(2)9(4)7(3)8-5;1-7-5-3-2-4-6-7;2*1-6-4-2-3-5-6;5*1-2;;;;;/h2-9H,1H3;4-9H,1-3H3;4-8H,1-3H3;3-6H,1-2H3;2-6H,1H3;6-8H,1-5H3;8H,1-5H3;5-6H,1-4H3;1-4H3;2-6H2,1H3;2,4H,3,5H2,1H3;2-3H,4-5H2,1H3;4*1-2H3;2H2,1H3;5*1H4. The quantitative estimate of drug-likeness (QED) is 0.144. The van der Waals surface area contributed by atoms with Gasteiger partial charge in [0, 0.05) is 172 Å². The number of aliphatic imine (C=N–C) groups is 1. The smallest absolute Gasteiger partial charge is 0.106 e. The highest BCUT2D eigenvalue weighted by molar-refractivity contribution is 6.07. The van der Waals surface area contributed by atoms with Crippen molar-refractivity contribution in [3.63, 3.8) is 0 Å². The minimum Gasteiger partial charge on any atom is -0.380 e. The van der Waals surface area contributed by atoms with Gasteiger partial charge in [-0.15, -0.1) is 0 Å². The van der Waals surface area contributed by atoms with Gasteiger partial charge in [-0.2, -0.15) is 0 Å². The Bertz CT molecular complexity index is 4510. The molecule has 6 atom stereocenters. The molecule has 20 heteroatoms. The number of hydrogen-bond donors (Lipinski definition) is 1. The lowest BCUT2D eigenvalue weighted by Crippen LogP contribution is -2.35. The van der Waals surface area contributed by atoms with E-state index in [1.807, 2.05) is 145 Å². The summed E-state index contributed by atoms with van der Waals surface area (Å²) < 4.78 is 8.44. The highest BCUT2D eigenvalue weighted by Gasteiger charge is 2.35. The van der Waals surface area contributed by atoms with Crippen LogP contribution < -0.4 is 20.4 Å². The van der Waals surface area contributed by atoms with Gasteiger partial charge in [-0.3, -0.25) is 19.7 Å². The molecule has 2 saturated heterocycles. The Labute approximate surface area is 805 Å². The zero-order valence-corrected chi connectivity index (χ0v) is 86.9. The molecule has 20 nitrogen and oxygen atoms in total. The van der Waals surface area contributed by atoms with Crippen molar-refractivity contribution >= 4 is 66.8 Å². The fourth-order valence-corrected chi connectivity index (χ4v) is 15.4. The number of benzene rings is 6. The summed E-state index contributed by atoms with van der Waals surface area (Å²) in [6.45, 7) is 56.8. The molecule has 131 heavy (non-hydrogen) atoms. The summed E-state index contributed by atoms with van der Waals surface area (Å²) in [5, 5.41) is 2.68. The summed E-state index contributed by atoms with van der Waals surface area (Å²) in [5.41, 5.74) is 22.3. The van der Waals surface area contributed by atoms with Crippen LogP contribution in [0.5, 0.6) is 0 Å². The molecule has 12 heterocycles. The summed E-state index contributed by atoms with van der Waals surface area (Å²) in [6, 6.07) is 53.5. The molecular formula is C111H198N20. The van der Waals surface area contributed by atoms with Crippen molar-refractivity contribution < 1.29 is 0 Å². The number of piperidine rings is 1. The molecule has 6 aromatic carbocycles. The summed E-state index contributed by atoms with van der Waals surface area (Å²) >= 11 is 0. The lowest BCUT2D eigenvalue weighted by molar-refractivity contribution is 0.185. The van der Waals surface area contributed by atoms with E-state index < -0.39 is 0 Å². The fourth-order valence-electron chi connectivity index (χ4n) is 15.4. The minimum absolute atomic E-state index is 0. The summed E-state index contributed by atoms with van der Waals surface area (Å²) in [4.78, 5) is 42.6. The lowest BCUT2D eigenvalue weighted by Gasteiger charge is -2.25. The number of anilines is 3. The van der Waals surface area contributed by atoms with Crippen LogP contribution in [-0.4, -0.2) is 244 Å². The van der Waals surface area contributed by atoms with Crippen LogP contribution in [0.3, 0.4) is 0 Å². The molecule has 4 aromatic heterocycles. The predicted molar refractivity (Wildman–Crippen MR) is 590 cm³/mol. The van der Waals surface area contributed by atoms with Crippen LogP contribution in [0, 0.1) is 27.7 Å². The van der Waals surface area contributed by atoms with E-state index in [0.717, 1.165) is 47.3 Å². The molecule has 8 aliphatic rings. The molecule has 0 spiro atoms. The molecule has 0 aliphatic carbocycles. The monoisotopic (exact) mass is 1810 g/mol. The van der Waals surface area contributed by atoms with Gasteiger partial charge in [0.25, 0.3) is 0 Å². The summed E-state index contributed by atoms with van der Waals surface area (Å²) in [6.07, 6.45) is 17.6. The summed E-state index contributed by atoms with van der Waals surface area (Å²) in [7, 11) is 33.2. The SMILES string of the molecule is C.C.C.C.C.CC.CC.CC.CC.CC1=C(C)N(C)C(C)N1C.CC1=NC(C)C(C)N1C.CC1C(C)N(C)C(C)N1C.CC1N(C)c2ccccc2N1C.CC1c2ccccc2N(C)C1C.CN.CN1C=CCC1.CN1CC=CC1.CN1CCCCC1.Cc1nc(C)n(C)c1C.Cc1nc2ccccc2n1C.Cn1c2ccccc2c2ccccc21.Cn1cnc2ccccc21. The maximum atomic E-state index is 4.50. The Morgan fingerprint density at radius 1 is 0.351 bits per heavy atom. The number of aryl methyl sites for hydroxylation is 6. The van der Waals surface area contributed by atoms with Crippen LogP contribution in [0.15, 0.2) is 193 Å². The molecule has 0 bridgehead atoms. The van der Waals surface area contributed by atoms with E-state index in [1.165, 1.54) is 125 Å². The van der Waals surface area contributed by atoms with Crippen molar-refractivity contribution in [2.24, 2.45) is 38.9 Å². The molecule has 6 unspecified atom stereocenters. The molecule has 0 saturated carbocycles. The van der Waals surface area contributed by atoms with E-state index in [2.05, 4.69) is 401 Å². The first-order valence-electron chi connectivity index (χ1n) is 46.8. The van der Waals surface area contributed by atoms with Gasteiger partial charge in [0.15, 0.2) is 0 Å². The average Bonchev–Trinajstić information content (AvgIpc) is 1.62. The second kappa shape index (κ2) is 66.0. The maximum absolute atomic E-state index is 4.50. The number of nitrogens with two attached hydrogens (primary N) is 1. The Kier molecular flexibility index (Phi) is 64.4. The third kappa shape index (κ3) is 36.5.